The maximum absolute atomic E-state index is 2.29. The van der Waals surface area contributed by atoms with Crippen LogP contribution in [0.1, 0.15) is 23.3 Å². The summed E-state index contributed by atoms with van der Waals surface area (Å²) in [5.41, 5.74) is 2.97. The summed E-state index contributed by atoms with van der Waals surface area (Å²) in [7, 11) is 0. The van der Waals surface area contributed by atoms with Gasteiger partial charge < -0.3 is 0 Å². The monoisotopic (exact) mass is 164 g/mol. The topological polar surface area (TPSA) is 0 Å². The minimum absolute atomic E-state index is 0.788. The molecule has 0 nitrogen and oxygen atoms in total. The molecule has 1 saturated heterocycles. The number of aryl methyl sites for hydroxylation is 1. The van der Waals surface area contributed by atoms with Crippen LogP contribution in [0.25, 0.3) is 0 Å². The van der Waals surface area contributed by atoms with E-state index in [0.29, 0.717) is 0 Å². The van der Waals surface area contributed by atoms with Gasteiger partial charge in [0, 0.05) is 10.5 Å². The summed E-state index contributed by atoms with van der Waals surface area (Å²) in [6.07, 6.45) is 0. The molecule has 2 unspecified atom stereocenters. The van der Waals surface area contributed by atoms with Crippen LogP contribution in [0.4, 0.5) is 0 Å². The smallest absolute Gasteiger partial charge is 0.0419 e. The Labute approximate surface area is 72.0 Å². The molecule has 2 rings (SSSR count). The maximum atomic E-state index is 2.29. The van der Waals surface area contributed by atoms with Crippen molar-refractivity contribution in [1.29, 1.82) is 0 Å². The molecule has 1 fully saturated rings. The Hall–Kier alpha value is -0.430. The first-order chi connectivity index (χ1) is 5.29. The second-order valence-corrected chi connectivity index (χ2v) is 4.64. The lowest BCUT2D eigenvalue weighted by molar-refractivity contribution is 1.02. The quantitative estimate of drug-likeness (QED) is 0.574. The van der Waals surface area contributed by atoms with Crippen LogP contribution in [0, 0.1) is 6.92 Å². The molecule has 1 aromatic rings. The van der Waals surface area contributed by atoms with Crippen molar-refractivity contribution in [2.45, 2.75) is 24.3 Å². The van der Waals surface area contributed by atoms with E-state index >= 15 is 0 Å². The maximum Gasteiger partial charge on any atom is 0.0419 e. The van der Waals surface area contributed by atoms with Gasteiger partial charge in [-0.2, -0.15) is 0 Å². The molecular formula is C10H12S. The molecule has 1 heteroatoms. The Kier molecular flexibility index (Phi) is 1.68. The van der Waals surface area contributed by atoms with Gasteiger partial charge in [0.15, 0.2) is 0 Å². The predicted molar refractivity (Wildman–Crippen MR) is 51.0 cm³/mol. The SMILES string of the molecule is Cc1ccccc1C1SC1C. The van der Waals surface area contributed by atoms with Crippen LogP contribution < -0.4 is 0 Å². The lowest BCUT2D eigenvalue weighted by Gasteiger charge is -2.00. The van der Waals surface area contributed by atoms with Gasteiger partial charge in [-0.15, -0.1) is 11.8 Å². The van der Waals surface area contributed by atoms with Gasteiger partial charge in [-0.05, 0) is 18.1 Å². The molecule has 1 aliphatic rings. The van der Waals surface area contributed by atoms with Gasteiger partial charge in [0.2, 0.25) is 0 Å². The molecule has 0 radical (unpaired) electrons. The largest absolute Gasteiger partial charge is 0.148 e. The third-order valence-electron chi connectivity index (χ3n) is 2.21. The van der Waals surface area contributed by atoms with Crippen molar-refractivity contribution in [3.63, 3.8) is 0 Å². The second kappa shape index (κ2) is 2.56. The first kappa shape index (κ1) is 7.23. The molecule has 0 spiro atoms. The van der Waals surface area contributed by atoms with Gasteiger partial charge >= 0.3 is 0 Å². The van der Waals surface area contributed by atoms with Gasteiger partial charge in [0.1, 0.15) is 0 Å². The van der Waals surface area contributed by atoms with Crippen LogP contribution in [0.2, 0.25) is 0 Å². The van der Waals surface area contributed by atoms with Gasteiger partial charge in [-0.1, -0.05) is 31.2 Å². The van der Waals surface area contributed by atoms with Crippen molar-refractivity contribution in [2.24, 2.45) is 0 Å². The van der Waals surface area contributed by atoms with Gasteiger partial charge in [0.25, 0.3) is 0 Å². The molecule has 0 bridgehead atoms. The zero-order valence-corrected chi connectivity index (χ0v) is 7.69. The summed E-state index contributed by atoms with van der Waals surface area (Å²) in [6.45, 7) is 4.49. The van der Waals surface area contributed by atoms with E-state index in [9.17, 15) is 0 Å². The summed E-state index contributed by atoms with van der Waals surface area (Å²) in [6, 6.07) is 8.68. The van der Waals surface area contributed by atoms with E-state index in [2.05, 4.69) is 49.9 Å². The van der Waals surface area contributed by atoms with Crippen molar-refractivity contribution in [3.05, 3.63) is 35.4 Å². The van der Waals surface area contributed by atoms with E-state index in [1.54, 1.807) is 0 Å². The van der Waals surface area contributed by atoms with Gasteiger partial charge in [-0.3, -0.25) is 0 Å². The van der Waals surface area contributed by atoms with Crippen molar-refractivity contribution in [1.82, 2.24) is 0 Å². The van der Waals surface area contributed by atoms with E-state index in [1.165, 1.54) is 11.1 Å². The van der Waals surface area contributed by atoms with Gasteiger partial charge in [-0.25, -0.2) is 0 Å². The summed E-state index contributed by atoms with van der Waals surface area (Å²) in [5, 5.41) is 1.63. The van der Waals surface area contributed by atoms with Crippen LogP contribution in [0.5, 0.6) is 0 Å². The molecule has 0 aromatic heterocycles. The fourth-order valence-corrected chi connectivity index (χ4v) is 2.35. The number of rotatable bonds is 1. The molecule has 11 heavy (non-hydrogen) atoms. The molecule has 0 aliphatic carbocycles. The minimum Gasteiger partial charge on any atom is -0.148 e. The Morgan fingerprint density at radius 1 is 1.27 bits per heavy atom. The highest BCUT2D eigenvalue weighted by molar-refractivity contribution is 8.07. The molecule has 0 saturated carbocycles. The van der Waals surface area contributed by atoms with E-state index in [1.807, 2.05) is 0 Å². The summed E-state index contributed by atoms with van der Waals surface area (Å²) in [4.78, 5) is 0. The zero-order chi connectivity index (χ0) is 7.84. The molecular weight excluding hydrogens is 152 g/mol. The Bertz CT molecular complexity index is 267. The first-order valence-electron chi connectivity index (χ1n) is 4.00. The fraction of sp³-hybridized carbons (Fsp3) is 0.400. The number of thioether (sulfide) groups is 1. The summed E-state index contributed by atoms with van der Waals surface area (Å²) >= 11 is 2.06. The Morgan fingerprint density at radius 2 is 1.91 bits per heavy atom. The van der Waals surface area contributed by atoms with E-state index < -0.39 is 0 Å². The lowest BCUT2D eigenvalue weighted by Crippen LogP contribution is -1.86. The van der Waals surface area contributed by atoms with Crippen molar-refractivity contribution < 1.29 is 0 Å². The second-order valence-electron chi connectivity index (χ2n) is 3.12. The van der Waals surface area contributed by atoms with Crippen LogP contribution in [0.15, 0.2) is 24.3 Å². The molecule has 1 aliphatic heterocycles. The van der Waals surface area contributed by atoms with Gasteiger partial charge in [0.05, 0.1) is 0 Å². The fourth-order valence-electron chi connectivity index (χ4n) is 1.42. The standard InChI is InChI=1S/C10H12S/c1-7-5-3-4-6-9(7)10-8(2)11-10/h3-6,8,10H,1-2H3. The third kappa shape index (κ3) is 1.30. The van der Waals surface area contributed by atoms with Crippen molar-refractivity contribution in [2.75, 3.05) is 0 Å². The van der Waals surface area contributed by atoms with Crippen LogP contribution >= 0.6 is 11.8 Å². The van der Waals surface area contributed by atoms with Crippen LogP contribution in [0.3, 0.4) is 0 Å². The summed E-state index contributed by atoms with van der Waals surface area (Å²) in [5.74, 6) is 0. The number of hydrogen-bond donors (Lipinski definition) is 0. The first-order valence-corrected chi connectivity index (χ1v) is 4.94. The molecule has 1 aromatic carbocycles. The van der Waals surface area contributed by atoms with E-state index in [-0.39, 0.29) is 0 Å². The van der Waals surface area contributed by atoms with Crippen molar-refractivity contribution >= 4 is 11.8 Å². The highest BCUT2D eigenvalue weighted by atomic mass is 32.2. The zero-order valence-electron chi connectivity index (χ0n) is 6.87. The highest BCUT2D eigenvalue weighted by Gasteiger charge is 2.35. The van der Waals surface area contributed by atoms with E-state index in [4.69, 9.17) is 0 Å². The minimum atomic E-state index is 0.788. The lowest BCUT2D eigenvalue weighted by atomic mass is 10.1. The highest BCUT2D eigenvalue weighted by Crippen LogP contribution is 2.55. The van der Waals surface area contributed by atoms with Crippen LogP contribution in [-0.4, -0.2) is 5.25 Å². The number of benzene rings is 1. The molecule has 0 amide bonds. The molecule has 0 N–H and O–H groups in total. The Balaban J connectivity index is 2.31. The Morgan fingerprint density at radius 3 is 2.45 bits per heavy atom. The van der Waals surface area contributed by atoms with Crippen molar-refractivity contribution in [3.8, 4) is 0 Å². The normalized spacial score (nSPS) is 28.5. The third-order valence-corrected chi connectivity index (χ3v) is 3.55. The summed E-state index contributed by atoms with van der Waals surface area (Å²) < 4.78 is 0. The average molecular weight is 164 g/mol. The average Bonchev–Trinajstić information content (AvgIpc) is 2.68. The predicted octanol–water partition coefficient (Wildman–Crippen LogP) is 3.17. The molecule has 58 valence electrons. The van der Waals surface area contributed by atoms with Crippen LogP contribution in [-0.2, 0) is 0 Å². The number of hydrogen-bond acceptors (Lipinski definition) is 1. The molecule has 2 atom stereocenters. The molecule has 1 heterocycles. The van der Waals surface area contributed by atoms with E-state index in [0.717, 1.165) is 10.5 Å².